The second-order valence-corrected chi connectivity index (χ2v) is 5.27. The Morgan fingerprint density at radius 2 is 2.15 bits per heavy atom. The highest BCUT2D eigenvalue weighted by molar-refractivity contribution is 7.89. The van der Waals surface area contributed by atoms with Gasteiger partial charge in [0.25, 0.3) is 0 Å². The summed E-state index contributed by atoms with van der Waals surface area (Å²) in [5.74, 6) is 0.297. The highest BCUT2D eigenvalue weighted by Crippen LogP contribution is 2.14. The lowest BCUT2D eigenvalue weighted by Crippen LogP contribution is -2.26. The van der Waals surface area contributed by atoms with Gasteiger partial charge in [0.05, 0.1) is 11.8 Å². The molecule has 1 saturated heterocycles. The Hall–Kier alpha value is -0.600. The molecule has 0 atom stereocenters. The van der Waals surface area contributed by atoms with Crippen LogP contribution in [0.5, 0.6) is 0 Å². The molecule has 1 heterocycles. The molecule has 0 bridgehead atoms. The van der Waals surface area contributed by atoms with Gasteiger partial charge in [-0.25, -0.2) is 12.7 Å². The average Bonchev–Trinajstić information content (AvgIpc) is 2.40. The molecular weight excluding hydrogens is 188 g/mol. The first kappa shape index (κ1) is 10.5. The number of unbranched alkanes of at least 4 members (excludes halogenated alkanes) is 2. The van der Waals surface area contributed by atoms with Crippen molar-refractivity contribution in [3.8, 4) is 6.07 Å². The zero-order valence-electron chi connectivity index (χ0n) is 7.57. The fourth-order valence-corrected chi connectivity index (χ4v) is 3.00. The summed E-state index contributed by atoms with van der Waals surface area (Å²) >= 11 is 0. The standard InChI is InChI=1S/C8H14N2O2S/c9-5-2-1-3-6-10-7-4-8-13(10,11)12/h1-4,6-8H2. The van der Waals surface area contributed by atoms with Gasteiger partial charge < -0.3 is 0 Å². The lowest BCUT2D eigenvalue weighted by Gasteiger charge is -2.12. The van der Waals surface area contributed by atoms with E-state index in [2.05, 4.69) is 0 Å². The fourth-order valence-electron chi connectivity index (χ4n) is 1.43. The van der Waals surface area contributed by atoms with Crippen LogP contribution in [0, 0.1) is 11.3 Å². The molecule has 0 radical (unpaired) electrons. The van der Waals surface area contributed by atoms with Crippen LogP contribution in [0.15, 0.2) is 0 Å². The first-order valence-electron chi connectivity index (χ1n) is 4.51. The number of sulfonamides is 1. The maximum atomic E-state index is 11.3. The monoisotopic (exact) mass is 202 g/mol. The molecule has 0 aromatic carbocycles. The van der Waals surface area contributed by atoms with Gasteiger partial charge in [0, 0.05) is 19.5 Å². The Kier molecular flexibility index (Phi) is 3.70. The molecule has 0 N–H and O–H groups in total. The molecule has 0 aliphatic carbocycles. The third-order valence-corrected chi connectivity index (χ3v) is 4.11. The molecule has 5 heteroatoms. The number of nitriles is 1. The second kappa shape index (κ2) is 4.58. The van der Waals surface area contributed by atoms with Crippen molar-refractivity contribution >= 4 is 10.0 Å². The summed E-state index contributed by atoms with van der Waals surface area (Å²) in [5, 5.41) is 8.28. The van der Waals surface area contributed by atoms with Gasteiger partial charge >= 0.3 is 0 Å². The molecule has 1 fully saturated rings. The van der Waals surface area contributed by atoms with E-state index >= 15 is 0 Å². The molecule has 0 spiro atoms. The molecule has 0 amide bonds. The largest absolute Gasteiger partial charge is 0.214 e. The smallest absolute Gasteiger partial charge is 0.212 e. The van der Waals surface area contributed by atoms with E-state index in [1.807, 2.05) is 6.07 Å². The lowest BCUT2D eigenvalue weighted by atomic mass is 10.2. The van der Waals surface area contributed by atoms with E-state index in [-0.39, 0.29) is 0 Å². The molecule has 1 rings (SSSR count). The van der Waals surface area contributed by atoms with Crippen molar-refractivity contribution in [1.82, 2.24) is 4.31 Å². The van der Waals surface area contributed by atoms with E-state index in [1.54, 1.807) is 0 Å². The first-order valence-corrected chi connectivity index (χ1v) is 6.12. The molecule has 74 valence electrons. The third-order valence-electron chi connectivity index (χ3n) is 2.15. The predicted molar refractivity (Wildman–Crippen MR) is 49.4 cm³/mol. The van der Waals surface area contributed by atoms with Crippen LogP contribution >= 0.6 is 0 Å². The Balaban J connectivity index is 2.26. The molecule has 4 nitrogen and oxygen atoms in total. The first-order chi connectivity index (χ1) is 6.17. The minimum absolute atomic E-state index is 0.297. The maximum absolute atomic E-state index is 11.3. The minimum atomic E-state index is -2.92. The van der Waals surface area contributed by atoms with E-state index in [1.165, 1.54) is 4.31 Å². The molecule has 1 aliphatic rings. The summed E-state index contributed by atoms with van der Waals surface area (Å²) in [6.07, 6.45) is 2.86. The van der Waals surface area contributed by atoms with Crippen LogP contribution in [0.1, 0.15) is 25.7 Å². The van der Waals surface area contributed by atoms with E-state index in [4.69, 9.17) is 5.26 Å². The lowest BCUT2D eigenvalue weighted by molar-refractivity contribution is 0.431. The van der Waals surface area contributed by atoms with E-state index in [9.17, 15) is 8.42 Å². The second-order valence-electron chi connectivity index (χ2n) is 3.18. The Labute approximate surface area is 79.2 Å². The van der Waals surface area contributed by atoms with E-state index in [0.717, 1.165) is 19.3 Å². The average molecular weight is 202 g/mol. The van der Waals surface area contributed by atoms with Gasteiger partial charge in [0.1, 0.15) is 0 Å². The number of hydrogen-bond acceptors (Lipinski definition) is 3. The topological polar surface area (TPSA) is 61.2 Å². The number of nitrogens with zero attached hydrogens (tertiary/aromatic N) is 2. The van der Waals surface area contributed by atoms with Gasteiger partial charge in [-0.05, 0) is 19.3 Å². The molecule has 0 unspecified atom stereocenters. The number of rotatable bonds is 4. The van der Waals surface area contributed by atoms with Gasteiger partial charge in [0.2, 0.25) is 10.0 Å². The zero-order valence-corrected chi connectivity index (χ0v) is 8.39. The van der Waals surface area contributed by atoms with Crippen molar-refractivity contribution in [2.45, 2.75) is 25.7 Å². The molecule has 0 aromatic heterocycles. The van der Waals surface area contributed by atoms with Gasteiger partial charge in [0.15, 0.2) is 0 Å². The van der Waals surface area contributed by atoms with E-state index < -0.39 is 10.0 Å². The SMILES string of the molecule is N#CCCCCN1CCCS1(=O)=O. The van der Waals surface area contributed by atoms with Crippen molar-refractivity contribution in [2.75, 3.05) is 18.8 Å². The van der Waals surface area contributed by atoms with Crippen LogP contribution in [0.2, 0.25) is 0 Å². The van der Waals surface area contributed by atoms with Crippen LogP contribution in [0.3, 0.4) is 0 Å². The van der Waals surface area contributed by atoms with Crippen molar-refractivity contribution in [3.63, 3.8) is 0 Å². The Morgan fingerprint density at radius 3 is 2.69 bits per heavy atom. The van der Waals surface area contributed by atoms with E-state index in [0.29, 0.717) is 25.3 Å². The van der Waals surface area contributed by atoms with Crippen LogP contribution < -0.4 is 0 Å². The normalized spacial score (nSPS) is 21.5. The minimum Gasteiger partial charge on any atom is -0.212 e. The van der Waals surface area contributed by atoms with Crippen molar-refractivity contribution in [3.05, 3.63) is 0 Å². The summed E-state index contributed by atoms with van der Waals surface area (Å²) in [4.78, 5) is 0. The summed E-state index contributed by atoms with van der Waals surface area (Å²) in [6, 6.07) is 2.05. The Morgan fingerprint density at radius 1 is 1.38 bits per heavy atom. The molecule has 0 aromatic rings. The fraction of sp³-hybridized carbons (Fsp3) is 0.875. The highest BCUT2D eigenvalue weighted by atomic mass is 32.2. The highest BCUT2D eigenvalue weighted by Gasteiger charge is 2.26. The van der Waals surface area contributed by atoms with Crippen molar-refractivity contribution in [1.29, 1.82) is 5.26 Å². The van der Waals surface area contributed by atoms with Crippen LogP contribution in [0.25, 0.3) is 0 Å². The quantitative estimate of drug-likeness (QED) is 0.631. The molecule has 13 heavy (non-hydrogen) atoms. The summed E-state index contributed by atoms with van der Waals surface area (Å²) in [5.41, 5.74) is 0. The van der Waals surface area contributed by atoms with Gasteiger partial charge in [-0.1, -0.05) is 0 Å². The maximum Gasteiger partial charge on any atom is 0.214 e. The number of hydrogen-bond donors (Lipinski definition) is 0. The van der Waals surface area contributed by atoms with Crippen molar-refractivity contribution in [2.24, 2.45) is 0 Å². The summed E-state index contributed by atoms with van der Waals surface area (Å²) < 4.78 is 24.1. The summed E-state index contributed by atoms with van der Waals surface area (Å²) in [7, 11) is -2.92. The molecular formula is C8H14N2O2S. The zero-order chi connectivity index (χ0) is 9.73. The van der Waals surface area contributed by atoms with Crippen LogP contribution in [-0.4, -0.2) is 31.6 Å². The van der Waals surface area contributed by atoms with Crippen LogP contribution in [-0.2, 0) is 10.0 Å². The molecule has 0 saturated carbocycles. The van der Waals surface area contributed by atoms with Crippen LogP contribution in [0.4, 0.5) is 0 Å². The van der Waals surface area contributed by atoms with Crippen molar-refractivity contribution < 1.29 is 8.42 Å². The molecule has 1 aliphatic heterocycles. The van der Waals surface area contributed by atoms with Gasteiger partial charge in [-0.3, -0.25) is 0 Å². The summed E-state index contributed by atoms with van der Waals surface area (Å²) in [6.45, 7) is 1.25. The van der Waals surface area contributed by atoms with Gasteiger partial charge in [-0.2, -0.15) is 5.26 Å². The predicted octanol–water partition coefficient (Wildman–Crippen LogP) is 0.716. The van der Waals surface area contributed by atoms with Gasteiger partial charge in [-0.15, -0.1) is 0 Å². The Bertz CT molecular complexity index is 292. The third kappa shape index (κ3) is 2.98.